The van der Waals surface area contributed by atoms with Crippen molar-refractivity contribution in [2.24, 2.45) is 5.73 Å². The second-order valence-electron chi connectivity index (χ2n) is 3.03. The molecule has 2 N–H and O–H groups in total. The molecule has 1 rings (SSSR count). The zero-order chi connectivity index (χ0) is 9.84. The molecule has 0 saturated heterocycles. The highest BCUT2D eigenvalue weighted by molar-refractivity contribution is 6.31. The summed E-state index contributed by atoms with van der Waals surface area (Å²) >= 11 is 5.84. The molecule has 0 amide bonds. The number of nitrogens with two attached hydrogens (primary N) is 1. The van der Waals surface area contributed by atoms with Crippen molar-refractivity contribution in [3.8, 4) is 0 Å². The highest BCUT2D eigenvalue weighted by Crippen LogP contribution is 2.26. The molecule has 3 heteroatoms. The lowest BCUT2D eigenvalue weighted by atomic mass is 10.0. The van der Waals surface area contributed by atoms with Crippen LogP contribution >= 0.6 is 11.6 Å². The lowest BCUT2D eigenvalue weighted by Crippen LogP contribution is -2.12. The first-order chi connectivity index (χ1) is 6.16. The van der Waals surface area contributed by atoms with Crippen LogP contribution in [0, 0.1) is 5.82 Å². The van der Waals surface area contributed by atoms with Crippen LogP contribution in [0.25, 0.3) is 0 Å². The summed E-state index contributed by atoms with van der Waals surface area (Å²) in [5.74, 6) is -0.312. The zero-order valence-corrected chi connectivity index (χ0v) is 8.31. The first-order valence-electron chi connectivity index (χ1n) is 4.36. The Labute approximate surface area is 82.7 Å². The van der Waals surface area contributed by atoms with Gasteiger partial charge in [-0.2, -0.15) is 0 Å². The Hall–Kier alpha value is -0.600. The van der Waals surface area contributed by atoms with Crippen LogP contribution in [0.4, 0.5) is 4.39 Å². The average molecular weight is 202 g/mol. The van der Waals surface area contributed by atoms with Gasteiger partial charge in [-0.15, -0.1) is 0 Å². The molecule has 0 bridgehead atoms. The van der Waals surface area contributed by atoms with Gasteiger partial charge in [-0.05, 0) is 18.6 Å². The first kappa shape index (κ1) is 10.5. The van der Waals surface area contributed by atoms with E-state index in [-0.39, 0.29) is 11.9 Å². The molecule has 0 unspecified atom stereocenters. The monoisotopic (exact) mass is 201 g/mol. The van der Waals surface area contributed by atoms with Crippen LogP contribution < -0.4 is 5.73 Å². The molecular formula is C10H13ClFN. The molecular weight excluding hydrogens is 189 g/mol. The molecule has 0 fully saturated rings. The molecule has 1 aromatic carbocycles. The maximum absolute atomic E-state index is 13.3. The minimum Gasteiger partial charge on any atom is -0.324 e. The van der Waals surface area contributed by atoms with E-state index in [1.54, 1.807) is 12.1 Å². The maximum Gasteiger partial charge on any atom is 0.129 e. The summed E-state index contributed by atoms with van der Waals surface area (Å²) in [7, 11) is 0. The van der Waals surface area contributed by atoms with Crippen molar-refractivity contribution >= 4 is 11.6 Å². The Bertz CT molecular complexity index is 268. The van der Waals surface area contributed by atoms with E-state index in [9.17, 15) is 4.39 Å². The topological polar surface area (TPSA) is 26.0 Å². The summed E-state index contributed by atoms with van der Waals surface area (Å²) in [5.41, 5.74) is 6.22. The first-order valence-corrected chi connectivity index (χ1v) is 4.74. The van der Waals surface area contributed by atoms with E-state index in [4.69, 9.17) is 17.3 Å². The molecule has 72 valence electrons. The Morgan fingerprint density at radius 3 is 2.77 bits per heavy atom. The summed E-state index contributed by atoms with van der Waals surface area (Å²) < 4.78 is 13.3. The molecule has 0 aliphatic rings. The fourth-order valence-corrected chi connectivity index (χ4v) is 1.62. The predicted octanol–water partition coefficient (Wildman–Crippen LogP) is 3.28. The third-order valence-electron chi connectivity index (χ3n) is 1.97. The molecule has 13 heavy (non-hydrogen) atoms. The number of hydrogen-bond acceptors (Lipinski definition) is 1. The maximum atomic E-state index is 13.3. The predicted molar refractivity (Wildman–Crippen MR) is 53.2 cm³/mol. The number of benzene rings is 1. The van der Waals surface area contributed by atoms with Gasteiger partial charge in [0.1, 0.15) is 5.82 Å². The van der Waals surface area contributed by atoms with Crippen LogP contribution in [0.5, 0.6) is 0 Å². The Balaban J connectivity index is 2.98. The van der Waals surface area contributed by atoms with E-state index in [0.717, 1.165) is 12.8 Å². The molecule has 0 heterocycles. The van der Waals surface area contributed by atoms with Crippen LogP contribution in [0.2, 0.25) is 5.02 Å². The smallest absolute Gasteiger partial charge is 0.129 e. The van der Waals surface area contributed by atoms with Gasteiger partial charge in [0.15, 0.2) is 0 Å². The number of halogens is 2. The summed E-state index contributed by atoms with van der Waals surface area (Å²) in [6.07, 6.45) is 1.67. The minimum atomic E-state index is -0.312. The third kappa shape index (κ3) is 2.42. The molecule has 1 atom stereocenters. The van der Waals surface area contributed by atoms with E-state index in [1.807, 2.05) is 6.92 Å². The van der Waals surface area contributed by atoms with Gasteiger partial charge < -0.3 is 5.73 Å². The summed E-state index contributed by atoms with van der Waals surface area (Å²) in [6.45, 7) is 2.01. The highest BCUT2D eigenvalue weighted by Gasteiger charge is 2.13. The SMILES string of the molecule is CCC[C@H](N)c1c(F)cccc1Cl. The fraction of sp³-hybridized carbons (Fsp3) is 0.400. The summed E-state index contributed by atoms with van der Waals surface area (Å²) in [4.78, 5) is 0. The van der Waals surface area contributed by atoms with Gasteiger partial charge in [-0.1, -0.05) is 31.0 Å². The average Bonchev–Trinajstić information content (AvgIpc) is 2.04. The normalized spacial score (nSPS) is 12.9. The van der Waals surface area contributed by atoms with Gasteiger partial charge in [0.25, 0.3) is 0 Å². The van der Waals surface area contributed by atoms with E-state index < -0.39 is 0 Å². The Kier molecular flexibility index (Phi) is 3.70. The number of rotatable bonds is 3. The summed E-state index contributed by atoms with van der Waals surface area (Å²) in [5, 5.41) is 0.418. The van der Waals surface area contributed by atoms with Gasteiger partial charge in [0.2, 0.25) is 0 Å². The largest absolute Gasteiger partial charge is 0.324 e. The highest BCUT2D eigenvalue weighted by atomic mass is 35.5. The van der Waals surface area contributed by atoms with E-state index in [1.165, 1.54) is 6.07 Å². The van der Waals surface area contributed by atoms with Crippen LogP contribution in [-0.4, -0.2) is 0 Å². The molecule has 0 saturated carbocycles. The third-order valence-corrected chi connectivity index (χ3v) is 2.30. The van der Waals surface area contributed by atoms with Crippen molar-refractivity contribution in [2.45, 2.75) is 25.8 Å². The van der Waals surface area contributed by atoms with Gasteiger partial charge in [0, 0.05) is 16.6 Å². The van der Waals surface area contributed by atoms with Crippen LogP contribution in [-0.2, 0) is 0 Å². The van der Waals surface area contributed by atoms with Gasteiger partial charge >= 0.3 is 0 Å². The molecule has 0 aliphatic heterocycles. The Morgan fingerprint density at radius 1 is 1.54 bits per heavy atom. The van der Waals surface area contributed by atoms with E-state index >= 15 is 0 Å². The van der Waals surface area contributed by atoms with Crippen molar-refractivity contribution in [3.05, 3.63) is 34.6 Å². The van der Waals surface area contributed by atoms with Gasteiger partial charge in [-0.3, -0.25) is 0 Å². The number of hydrogen-bond donors (Lipinski definition) is 1. The second kappa shape index (κ2) is 4.58. The molecule has 0 radical (unpaired) electrons. The Morgan fingerprint density at radius 2 is 2.23 bits per heavy atom. The van der Waals surface area contributed by atoms with Crippen molar-refractivity contribution in [1.29, 1.82) is 0 Å². The fourth-order valence-electron chi connectivity index (χ4n) is 1.32. The van der Waals surface area contributed by atoms with E-state index in [2.05, 4.69) is 0 Å². The molecule has 1 aromatic rings. The van der Waals surface area contributed by atoms with Crippen molar-refractivity contribution in [1.82, 2.24) is 0 Å². The molecule has 1 nitrogen and oxygen atoms in total. The standard InChI is InChI=1S/C10H13ClFN/c1-2-4-9(13)10-7(11)5-3-6-8(10)12/h3,5-6,9H,2,4,13H2,1H3/t9-/m0/s1. The van der Waals surface area contributed by atoms with Crippen molar-refractivity contribution < 1.29 is 4.39 Å². The zero-order valence-electron chi connectivity index (χ0n) is 7.56. The van der Waals surface area contributed by atoms with Crippen LogP contribution in [0.15, 0.2) is 18.2 Å². The minimum absolute atomic E-state index is 0.293. The molecule has 0 aliphatic carbocycles. The quantitative estimate of drug-likeness (QED) is 0.798. The van der Waals surface area contributed by atoms with Gasteiger partial charge in [-0.25, -0.2) is 4.39 Å². The van der Waals surface area contributed by atoms with Crippen LogP contribution in [0.3, 0.4) is 0 Å². The van der Waals surface area contributed by atoms with E-state index in [0.29, 0.717) is 10.6 Å². The van der Waals surface area contributed by atoms with Gasteiger partial charge in [0.05, 0.1) is 0 Å². The molecule has 0 spiro atoms. The lowest BCUT2D eigenvalue weighted by Gasteiger charge is -2.13. The second-order valence-corrected chi connectivity index (χ2v) is 3.44. The van der Waals surface area contributed by atoms with Crippen molar-refractivity contribution in [2.75, 3.05) is 0 Å². The molecule has 0 aromatic heterocycles. The van der Waals surface area contributed by atoms with Crippen LogP contribution in [0.1, 0.15) is 31.4 Å². The summed E-state index contributed by atoms with van der Waals surface area (Å²) in [6, 6.07) is 4.34. The lowest BCUT2D eigenvalue weighted by molar-refractivity contribution is 0.560. The van der Waals surface area contributed by atoms with Crippen molar-refractivity contribution in [3.63, 3.8) is 0 Å².